The van der Waals surface area contributed by atoms with Crippen molar-refractivity contribution in [3.05, 3.63) is 34.3 Å². The third kappa shape index (κ3) is 4.13. The molecule has 1 rings (SSSR count). The number of amidine groups is 1. The van der Waals surface area contributed by atoms with Gasteiger partial charge in [0, 0.05) is 10.6 Å². The molecule has 6 heteroatoms. The lowest BCUT2D eigenvalue weighted by molar-refractivity contribution is 0.0944. The van der Waals surface area contributed by atoms with E-state index in [0.717, 1.165) is 12.0 Å². The van der Waals surface area contributed by atoms with Crippen molar-refractivity contribution in [1.29, 1.82) is 0 Å². The van der Waals surface area contributed by atoms with E-state index in [1.54, 1.807) is 18.2 Å². The minimum Gasteiger partial charge on any atom is -0.409 e. The minimum atomic E-state index is -0.485. The van der Waals surface area contributed by atoms with Crippen LogP contribution in [0.4, 0.5) is 0 Å². The van der Waals surface area contributed by atoms with Crippen molar-refractivity contribution >= 4 is 23.3 Å². The third-order valence-corrected chi connectivity index (χ3v) is 3.03. The van der Waals surface area contributed by atoms with Gasteiger partial charge in [0.2, 0.25) is 0 Å². The maximum atomic E-state index is 12.2. The molecule has 0 bridgehead atoms. The van der Waals surface area contributed by atoms with Crippen LogP contribution in [0.25, 0.3) is 0 Å². The summed E-state index contributed by atoms with van der Waals surface area (Å²) in [5, 5.41) is 14.9. The molecule has 0 saturated carbocycles. The molecule has 0 aromatic heterocycles. The van der Waals surface area contributed by atoms with E-state index in [-0.39, 0.29) is 11.7 Å². The lowest BCUT2D eigenvalue weighted by Crippen LogP contribution is -2.44. The monoisotopic (exact) mass is 283 g/mol. The first kappa shape index (κ1) is 15.3. The van der Waals surface area contributed by atoms with Crippen molar-refractivity contribution < 1.29 is 10.0 Å². The number of hydrogen-bond donors (Lipinski definition) is 3. The topological polar surface area (TPSA) is 87.7 Å². The van der Waals surface area contributed by atoms with Gasteiger partial charge >= 0.3 is 0 Å². The molecule has 5 nitrogen and oxygen atoms in total. The normalized spacial score (nSPS) is 13.1. The van der Waals surface area contributed by atoms with Crippen molar-refractivity contribution in [2.75, 3.05) is 0 Å². The molecule has 0 fully saturated rings. The molecule has 1 unspecified atom stereocenters. The van der Waals surface area contributed by atoms with E-state index in [1.807, 2.05) is 13.8 Å². The number of aryl methyl sites for hydroxylation is 1. The highest BCUT2D eigenvalue weighted by atomic mass is 35.5. The summed E-state index contributed by atoms with van der Waals surface area (Å²) >= 11 is 5.88. The van der Waals surface area contributed by atoms with Gasteiger partial charge in [0.05, 0.1) is 6.04 Å². The third-order valence-electron chi connectivity index (χ3n) is 2.80. The standard InChI is InChI=1S/C13H18ClN3O2/c1-3-4-11(12(15)17-19)16-13(18)10-7-9(14)6-5-8(10)2/h5-7,11,19H,3-4H2,1-2H3,(H2,15,17)(H,16,18). The Morgan fingerprint density at radius 2 is 2.26 bits per heavy atom. The number of halogens is 1. The maximum absolute atomic E-state index is 12.2. The summed E-state index contributed by atoms with van der Waals surface area (Å²) < 4.78 is 0. The van der Waals surface area contributed by atoms with Crippen LogP contribution in [0.1, 0.15) is 35.7 Å². The number of carbonyl (C=O) groups is 1. The van der Waals surface area contributed by atoms with Crippen LogP contribution in [0, 0.1) is 6.92 Å². The van der Waals surface area contributed by atoms with Crippen molar-refractivity contribution in [2.45, 2.75) is 32.7 Å². The summed E-state index contributed by atoms with van der Waals surface area (Å²) in [6.07, 6.45) is 1.40. The molecule has 1 aromatic rings. The van der Waals surface area contributed by atoms with Gasteiger partial charge in [0.1, 0.15) is 0 Å². The average Bonchev–Trinajstić information content (AvgIpc) is 2.40. The highest BCUT2D eigenvalue weighted by Crippen LogP contribution is 2.15. The molecule has 1 atom stereocenters. The van der Waals surface area contributed by atoms with Crippen LogP contribution in [0.15, 0.2) is 23.4 Å². The fraction of sp³-hybridized carbons (Fsp3) is 0.385. The van der Waals surface area contributed by atoms with E-state index in [4.69, 9.17) is 22.5 Å². The Labute approximate surface area is 117 Å². The van der Waals surface area contributed by atoms with Crippen LogP contribution in [-0.2, 0) is 0 Å². The number of oxime groups is 1. The van der Waals surface area contributed by atoms with Gasteiger partial charge in [0.25, 0.3) is 5.91 Å². The molecule has 19 heavy (non-hydrogen) atoms. The number of nitrogens with two attached hydrogens (primary N) is 1. The van der Waals surface area contributed by atoms with Gasteiger partial charge in [-0.1, -0.05) is 36.2 Å². The Hall–Kier alpha value is -1.75. The van der Waals surface area contributed by atoms with Gasteiger partial charge in [-0.3, -0.25) is 4.79 Å². The largest absolute Gasteiger partial charge is 0.409 e. The molecule has 1 aromatic carbocycles. The van der Waals surface area contributed by atoms with Crippen molar-refractivity contribution in [3.8, 4) is 0 Å². The first-order chi connectivity index (χ1) is 8.99. The van der Waals surface area contributed by atoms with Crippen LogP contribution in [0.5, 0.6) is 0 Å². The number of nitrogens with one attached hydrogen (secondary N) is 1. The van der Waals surface area contributed by atoms with Crippen molar-refractivity contribution in [2.24, 2.45) is 10.9 Å². The lowest BCUT2D eigenvalue weighted by atomic mass is 10.1. The summed E-state index contributed by atoms with van der Waals surface area (Å²) in [6, 6.07) is 4.61. The van der Waals surface area contributed by atoms with E-state index >= 15 is 0 Å². The van der Waals surface area contributed by atoms with Crippen LogP contribution < -0.4 is 11.1 Å². The van der Waals surface area contributed by atoms with Gasteiger partial charge in [-0.25, -0.2) is 0 Å². The summed E-state index contributed by atoms with van der Waals surface area (Å²) in [4.78, 5) is 12.2. The summed E-state index contributed by atoms with van der Waals surface area (Å²) in [7, 11) is 0. The van der Waals surface area contributed by atoms with Crippen LogP contribution in [-0.4, -0.2) is 23.0 Å². The van der Waals surface area contributed by atoms with Gasteiger partial charge in [-0.15, -0.1) is 0 Å². The fourth-order valence-electron chi connectivity index (χ4n) is 1.73. The molecule has 1 amide bonds. The summed E-state index contributed by atoms with van der Waals surface area (Å²) in [5.41, 5.74) is 6.86. The smallest absolute Gasteiger partial charge is 0.252 e. The Balaban J connectivity index is 2.90. The van der Waals surface area contributed by atoms with Crippen molar-refractivity contribution in [3.63, 3.8) is 0 Å². The molecule has 0 spiro atoms. The fourth-order valence-corrected chi connectivity index (χ4v) is 1.90. The second-order valence-corrected chi connectivity index (χ2v) is 4.74. The zero-order valence-corrected chi connectivity index (χ0v) is 11.7. The lowest BCUT2D eigenvalue weighted by Gasteiger charge is -2.17. The molecular formula is C13H18ClN3O2. The van der Waals surface area contributed by atoms with E-state index in [9.17, 15) is 4.79 Å². The molecule has 0 aliphatic carbocycles. The first-order valence-corrected chi connectivity index (χ1v) is 6.41. The van der Waals surface area contributed by atoms with Crippen LogP contribution in [0.3, 0.4) is 0 Å². The SMILES string of the molecule is CCCC(NC(=O)c1cc(Cl)ccc1C)/C(N)=N/O. The zero-order valence-electron chi connectivity index (χ0n) is 11.0. The van der Waals surface area contributed by atoms with E-state index < -0.39 is 6.04 Å². The second kappa shape index (κ2) is 6.99. The van der Waals surface area contributed by atoms with Gasteiger partial charge in [-0.2, -0.15) is 0 Å². The first-order valence-electron chi connectivity index (χ1n) is 6.04. The Morgan fingerprint density at radius 1 is 1.58 bits per heavy atom. The second-order valence-electron chi connectivity index (χ2n) is 4.30. The maximum Gasteiger partial charge on any atom is 0.252 e. The minimum absolute atomic E-state index is 0.00474. The zero-order chi connectivity index (χ0) is 14.4. The van der Waals surface area contributed by atoms with Gasteiger partial charge in [-0.05, 0) is 31.0 Å². The van der Waals surface area contributed by atoms with Gasteiger partial charge in [0.15, 0.2) is 5.84 Å². The number of carbonyl (C=O) groups excluding carboxylic acids is 1. The van der Waals surface area contributed by atoms with E-state index in [2.05, 4.69) is 10.5 Å². The molecule has 0 aliphatic heterocycles. The predicted molar refractivity (Wildman–Crippen MR) is 75.8 cm³/mol. The number of hydrogen-bond acceptors (Lipinski definition) is 3. The van der Waals surface area contributed by atoms with Crippen LogP contribution >= 0.6 is 11.6 Å². The molecule has 104 valence electrons. The number of nitrogens with zero attached hydrogens (tertiary/aromatic N) is 1. The molecule has 4 N–H and O–H groups in total. The highest BCUT2D eigenvalue weighted by Gasteiger charge is 2.18. The Bertz CT molecular complexity index is 489. The van der Waals surface area contributed by atoms with E-state index in [0.29, 0.717) is 17.0 Å². The number of benzene rings is 1. The highest BCUT2D eigenvalue weighted by molar-refractivity contribution is 6.31. The average molecular weight is 284 g/mol. The Morgan fingerprint density at radius 3 is 2.84 bits per heavy atom. The summed E-state index contributed by atoms with van der Waals surface area (Å²) in [6.45, 7) is 3.78. The molecule has 0 saturated heterocycles. The molecule has 0 aliphatic rings. The number of amides is 1. The molecule has 0 heterocycles. The number of rotatable bonds is 5. The predicted octanol–water partition coefficient (Wildman–Crippen LogP) is 2.29. The Kier molecular flexibility index (Phi) is 5.63. The summed E-state index contributed by atoms with van der Waals surface area (Å²) in [5.74, 6) is -0.292. The van der Waals surface area contributed by atoms with Crippen molar-refractivity contribution in [1.82, 2.24) is 5.32 Å². The quantitative estimate of drug-likeness (QED) is 0.335. The molecular weight excluding hydrogens is 266 g/mol. The van der Waals surface area contributed by atoms with Gasteiger partial charge < -0.3 is 16.3 Å². The molecule has 0 radical (unpaired) electrons. The van der Waals surface area contributed by atoms with E-state index in [1.165, 1.54) is 0 Å². The van der Waals surface area contributed by atoms with Crippen LogP contribution in [0.2, 0.25) is 5.02 Å².